The normalized spacial score (nSPS) is 10.0. The Morgan fingerprint density at radius 1 is 1.25 bits per heavy atom. The molecule has 1 aromatic heterocycles. The van der Waals surface area contributed by atoms with Gasteiger partial charge in [0.1, 0.15) is 6.20 Å². The number of ether oxygens (including phenoxy) is 1. The number of methoxy groups -OCH3 is 1. The van der Waals surface area contributed by atoms with Crippen LogP contribution < -0.4 is 10.1 Å². The Hall–Kier alpha value is -3.76. The average Bonchev–Trinajstić information content (AvgIpc) is 2.55. The molecule has 124 valence electrons. The highest BCUT2D eigenvalue weighted by Gasteiger charge is 2.19. The number of hydrogen-bond acceptors (Lipinski definition) is 8. The van der Waals surface area contributed by atoms with E-state index in [1.807, 2.05) is 0 Å². The summed E-state index contributed by atoms with van der Waals surface area (Å²) >= 11 is 0. The van der Waals surface area contributed by atoms with E-state index in [0.29, 0.717) is 0 Å². The highest BCUT2D eigenvalue weighted by molar-refractivity contribution is 6.04. The number of aromatic nitrogens is 1. The third-order valence-electron chi connectivity index (χ3n) is 2.93. The topological polar surface area (TPSA) is 158 Å². The summed E-state index contributed by atoms with van der Waals surface area (Å²) in [5.41, 5.74) is -0.745. The molecule has 0 aliphatic heterocycles. The van der Waals surface area contributed by atoms with E-state index in [2.05, 4.69) is 10.3 Å². The minimum absolute atomic E-state index is 0.0111. The molecule has 2 aromatic rings. The Labute approximate surface area is 133 Å². The third kappa shape index (κ3) is 3.35. The van der Waals surface area contributed by atoms with Crippen LogP contribution in [-0.4, -0.2) is 33.0 Å². The molecule has 0 atom stereocenters. The second kappa shape index (κ2) is 6.56. The van der Waals surface area contributed by atoms with Gasteiger partial charge in [0.15, 0.2) is 17.3 Å². The van der Waals surface area contributed by atoms with Crippen molar-refractivity contribution >= 4 is 23.1 Å². The average molecular weight is 334 g/mol. The molecule has 0 aliphatic carbocycles. The standard InChI is InChI=1S/C13H10N4O7/c1-24-11-4-7(2-3-9(11)17(22)23)13(19)15-12-10(18)5-8(6-14-12)16(20)21/h2-6,18H,1H3,(H,14,15,19). The lowest BCUT2D eigenvalue weighted by atomic mass is 10.1. The maximum absolute atomic E-state index is 12.1. The number of pyridine rings is 1. The second-order valence-electron chi connectivity index (χ2n) is 4.42. The predicted octanol–water partition coefficient (Wildman–Crippen LogP) is 1.86. The zero-order valence-corrected chi connectivity index (χ0v) is 12.1. The van der Waals surface area contributed by atoms with Crippen molar-refractivity contribution < 1.29 is 24.5 Å². The predicted molar refractivity (Wildman–Crippen MR) is 80.2 cm³/mol. The quantitative estimate of drug-likeness (QED) is 0.619. The number of nitro benzene ring substituents is 1. The zero-order chi connectivity index (χ0) is 17.9. The van der Waals surface area contributed by atoms with Crippen molar-refractivity contribution in [2.45, 2.75) is 0 Å². The van der Waals surface area contributed by atoms with Gasteiger partial charge in [-0.15, -0.1) is 0 Å². The third-order valence-corrected chi connectivity index (χ3v) is 2.93. The van der Waals surface area contributed by atoms with E-state index in [9.17, 15) is 30.1 Å². The van der Waals surface area contributed by atoms with E-state index in [1.165, 1.54) is 13.2 Å². The van der Waals surface area contributed by atoms with Gasteiger partial charge in [-0.05, 0) is 6.07 Å². The molecule has 24 heavy (non-hydrogen) atoms. The Balaban J connectivity index is 2.27. The van der Waals surface area contributed by atoms with Gasteiger partial charge in [-0.25, -0.2) is 4.98 Å². The number of rotatable bonds is 5. The van der Waals surface area contributed by atoms with Crippen LogP contribution in [0.4, 0.5) is 17.2 Å². The van der Waals surface area contributed by atoms with Gasteiger partial charge in [-0.2, -0.15) is 0 Å². The summed E-state index contributed by atoms with van der Waals surface area (Å²) in [6.07, 6.45) is 0.867. The fourth-order valence-electron chi connectivity index (χ4n) is 1.79. The number of amides is 1. The van der Waals surface area contributed by atoms with Crippen LogP contribution in [0.3, 0.4) is 0 Å². The molecule has 2 rings (SSSR count). The van der Waals surface area contributed by atoms with Crippen LogP contribution in [0, 0.1) is 20.2 Å². The van der Waals surface area contributed by atoms with Gasteiger partial charge in [0.05, 0.1) is 23.0 Å². The smallest absolute Gasteiger partial charge is 0.310 e. The lowest BCUT2D eigenvalue weighted by Gasteiger charge is -2.07. The molecule has 1 aromatic carbocycles. The first kappa shape index (κ1) is 16.6. The molecule has 0 saturated carbocycles. The number of hydrogen-bond donors (Lipinski definition) is 2. The van der Waals surface area contributed by atoms with Gasteiger partial charge in [-0.3, -0.25) is 25.0 Å². The Morgan fingerprint density at radius 3 is 2.50 bits per heavy atom. The van der Waals surface area contributed by atoms with Crippen LogP contribution in [0.25, 0.3) is 0 Å². The van der Waals surface area contributed by atoms with Crippen LogP contribution in [-0.2, 0) is 0 Å². The fourth-order valence-corrected chi connectivity index (χ4v) is 1.79. The Kier molecular flexibility index (Phi) is 4.54. The van der Waals surface area contributed by atoms with Crippen molar-refractivity contribution in [3.8, 4) is 11.5 Å². The minimum atomic E-state index is -0.750. The van der Waals surface area contributed by atoms with Gasteiger partial charge < -0.3 is 15.2 Å². The van der Waals surface area contributed by atoms with E-state index >= 15 is 0 Å². The molecule has 11 heteroatoms. The number of nitrogens with one attached hydrogen (secondary N) is 1. The molecule has 0 fully saturated rings. The Bertz CT molecular complexity index is 837. The lowest BCUT2D eigenvalue weighted by molar-refractivity contribution is -0.385. The van der Waals surface area contributed by atoms with Crippen LogP contribution in [0.15, 0.2) is 30.5 Å². The van der Waals surface area contributed by atoms with Gasteiger partial charge in [-0.1, -0.05) is 0 Å². The molecule has 0 bridgehead atoms. The summed E-state index contributed by atoms with van der Waals surface area (Å²) in [6, 6.07) is 4.27. The maximum atomic E-state index is 12.1. The van der Waals surface area contributed by atoms with E-state index < -0.39 is 27.2 Å². The van der Waals surface area contributed by atoms with Crippen LogP contribution >= 0.6 is 0 Å². The van der Waals surface area contributed by atoms with E-state index in [4.69, 9.17) is 4.74 Å². The summed E-state index contributed by atoms with van der Waals surface area (Å²) in [7, 11) is 1.22. The number of nitrogens with zero attached hydrogens (tertiary/aromatic N) is 3. The monoisotopic (exact) mass is 334 g/mol. The van der Waals surface area contributed by atoms with Crippen molar-refractivity contribution in [2.75, 3.05) is 12.4 Å². The molecular weight excluding hydrogens is 324 g/mol. The Morgan fingerprint density at radius 2 is 1.96 bits per heavy atom. The number of benzene rings is 1. The number of carbonyl (C=O) groups excluding carboxylic acids is 1. The van der Waals surface area contributed by atoms with Crippen LogP contribution in [0.1, 0.15) is 10.4 Å². The maximum Gasteiger partial charge on any atom is 0.310 e. The van der Waals surface area contributed by atoms with Gasteiger partial charge in [0.2, 0.25) is 0 Å². The van der Waals surface area contributed by atoms with E-state index in [1.54, 1.807) is 0 Å². The molecule has 0 spiro atoms. The lowest BCUT2D eigenvalue weighted by Crippen LogP contribution is -2.13. The molecule has 1 heterocycles. The number of carbonyl (C=O) groups is 1. The van der Waals surface area contributed by atoms with E-state index in [-0.39, 0.29) is 22.8 Å². The molecule has 2 N–H and O–H groups in total. The zero-order valence-electron chi connectivity index (χ0n) is 12.1. The summed E-state index contributed by atoms with van der Waals surface area (Å²) in [5.74, 6) is -1.73. The van der Waals surface area contributed by atoms with Gasteiger partial charge in [0, 0.05) is 17.7 Å². The summed E-state index contributed by atoms with van der Waals surface area (Å²) in [4.78, 5) is 35.7. The SMILES string of the molecule is COc1cc(C(=O)Nc2ncc([N+](=O)[O-])cc2O)ccc1[N+](=O)[O-]. The number of nitro groups is 2. The molecule has 0 radical (unpaired) electrons. The van der Waals surface area contributed by atoms with Gasteiger partial charge in [0.25, 0.3) is 11.6 Å². The van der Waals surface area contributed by atoms with Crippen molar-refractivity contribution in [3.63, 3.8) is 0 Å². The highest BCUT2D eigenvalue weighted by atomic mass is 16.6. The second-order valence-corrected chi connectivity index (χ2v) is 4.42. The molecule has 0 aliphatic rings. The molecule has 0 saturated heterocycles. The van der Waals surface area contributed by atoms with Crippen molar-refractivity contribution in [1.82, 2.24) is 4.98 Å². The van der Waals surface area contributed by atoms with Gasteiger partial charge >= 0.3 is 5.69 Å². The number of anilines is 1. The molecular formula is C13H10N4O7. The van der Waals surface area contributed by atoms with Crippen molar-refractivity contribution in [1.29, 1.82) is 0 Å². The first-order chi connectivity index (χ1) is 11.3. The summed E-state index contributed by atoms with van der Waals surface area (Å²) in [5, 5.41) is 33.3. The first-order valence-corrected chi connectivity index (χ1v) is 6.30. The van der Waals surface area contributed by atoms with Crippen LogP contribution in [0.5, 0.6) is 11.5 Å². The first-order valence-electron chi connectivity index (χ1n) is 6.30. The molecule has 1 amide bonds. The molecule has 11 nitrogen and oxygen atoms in total. The van der Waals surface area contributed by atoms with Crippen molar-refractivity contribution in [2.24, 2.45) is 0 Å². The largest absolute Gasteiger partial charge is 0.504 e. The minimum Gasteiger partial charge on any atom is -0.504 e. The highest BCUT2D eigenvalue weighted by Crippen LogP contribution is 2.29. The fraction of sp³-hybridized carbons (Fsp3) is 0.0769. The van der Waals surface area contributed by atoms with E-state index in [0.717, 1.165) is 24.4 Å². The van der Waals surface area contributed by atoms with Crippen molar-refractivity contribution in [3.05, 3.63) is 56.3 Å². The summed E-state index contributed by atoms with van der Waals surface area (Å²) < 4.78 is 4.85. The van der Waals surface area contributed by atoms with Crippen LogP contribution in [0.2, 0.25) is 0 Å². The molecule has 0 unspecified atom stereocenters. The number of aromatic hydroxyl groups is 1. The summed E-state index contributed by atoms with van der Waals surface area (Å²) in [6.45, 7) is 0.